The topological polar surface area (TPSA) is 65.0 Å². The van der Waals surface area contributed by atoms with Crippen molar-refractivity contribution < 1.29 is 17.4 Å². The van der Waals surface area contributed by atoms with Gasteiger partial charge in [0.1, 0.15) is 17.6 Å². The highest BCUT2D eigenvalue weighted by molar-refractivity contribution is 7.90. The molecule has 1 aliphatic heterocycles. The first kappa shape index (κ1) is 17.8. The van der Waals surface area contributed by atoms with Crippen molar-refractivity contribution in [2.24, 2.45) is 5.16 Å². The van der Waals surface area contributed by atoms with E-state index >= 15 is 0 Å². The number of hydrogen-bond donors (Lipinski definition) is 0. The zero-order valence-electron chi connectivity index (χ0n) is 15.3. The van der Waals surface area contributed by atoms with Gasteiger partial charge in [0.05, 0.1) is 4.91 Å². The maximum absolute atomic E-state index is 12.5. The maximum atomic E-state index is 12.5. The normalized spacial score (nSPS) is 20.8. The van der Waals surface area contributed by atoms with Crippen molar-refractivity contribution in [3.8, 4) is 5.75 Å². The Labute approximate surface area is 159 Å². The Hall–Kier alpha value is -2.60. The first-order valence-electron chi connectivity index (χ1n) is 9.06. The van der Waals surface area contributed by atoms with E-state index in [9.17, 15) is 8.42 Å². The van der Waals surface area contributed by atoms with E-state index in [4.69, 9.17) is 9.02 Å². The van der Waals surface area contributed by atoms with E-state index in [0.717, 1.165) is 27.7 Å². The molecular weight excluding hydrogens is 362 g/mol. The molecule has 0 saturated carbocycles. The first-order chi connectivity index (χ1) is 13.0. The Balaban J connectivity index is 1.70. The molecule has 6 heteroatoms. The van der Waals surface area contributed by atoms with E-state index in [2.05, 4.69) is 5.16 Å². The van der Waals surface area contributed by atoms with Gasteiger partial charge in [0, 0.05) is 10.9 Å². The third kappa shape index (κ3) is 3.25. The molecule has 1 heterocycles. The van der Waals surface area contributed by atoms with E-state index in [-0.39, 0.29) is 11.0 Å². The van der Waals surface area contributed by atoms with Crippen LogP contribution in [0.2, 0.25) is 0 Å². The summed E-state index contributed by atoms with van der Waals surface area (Å²) in [5.74, 6) is 0.732. The van der Waals surface area contributed by atoms with Gasteiger partial charge in [-0.1, -0.05) is 54.1 Å². The standard InChI is InChI=1S/C21H21NO4S/c1-3-19-20(22-26-27(23,24)16-11-8-14(2)9-12-16)18-13-10-15-6-4-5-7-17(15)21(18)25-19/h4-8,10-11,13,19H,3,9,12H2,1-2H3/b22-20-. The van der Waals surface area contributed by atoms with Gasteiger partial charge in [-0.15, -0.1) is 0 Å². The largest absolute Gasteiger partial charge is 0.483 e. The van der Waals surface area contributed by atoms with Crippen LogP contribution >= 0.6 is 0 Å². The molecule has 0 bridgehead atoms. The molecule has 0 amide bonds. The van der Waals surface area contributed by atoms with Crippen molar-refractivity contribution in [2.75, 3.05) is 0 Å². The summed E-state index contributed by atoms with van der Waals surface area (Å²) >= 11 is 0. The van der Waals surface area contributed by atoms with Gasteiger partial charge in [-0.05, 0) is 43.7 Å². The van der Waals surface area contributed by atoms with Crippen molar-refractivity contribution >= 4 is 26.6 Å². The van der Waals surface area contributed by atoms with Gasteiger partial charge in [-0.2, -0.15) is 8.42 Å². The summed E-state index contributed by atoms with van der Waals surface area (Å²) in [6, 6.07) is 11.8. The fourth-order valence-corrected chi connectivity index (χ4v) is 4.26. The predicted octanol–water partition coefficient (Wildman–Crippen LogP) is 4.69. The second-order valence-corrected chi connectivity index (χ2v) is 8.41. The summed E-state index contributed by atoms with van der Waals surface area (Å²) in [4.78, 5) is 0.253. The van der Waals surface area contributed by atoms with Gasteiger partial charge in [0.2, 0.25) is 0 Å². The summed E-state index contributed by atoms with van der Waals surface area (Å²) in [5.41, 5.74) is 2.45. The van der Waals surface area contributed by atoms with Crippen LogP contribution in [-0.4, -0.2) is 20.2 Å². The molecule has 2 aromatic rings. The van der Waals surface area contributed by atoms with Gasteiger partial charge >= 0.3 is 10.1 Å². The zero-order chi connectivity index (χ0) is 19.0. The van der Waals surface area contributed by atoms with Gasteiger partial charge in [0.25, 0.3) is 0 Å². The van der Waals surface area contributed by atoms with E-state index in [1.165, 1.54) is 0 Å². The van der Waals surface area contributed by atoms with Crippen LogP contribution in [0.15, 0.2) is 64.2 Å². The number of rotatable bonds is 4. The monoisotopic (exact) mass is 383 g/mol. The van der Waals surface area contributed by atoms with Crippen molar-refractivity contribution in [1.29, 1.82) is 0 Å². The van der Waals surface area contributed by atoms with Crippen molar-refractivity contribution in [1.82, 2.24) is 0 Å². The number of oxime groups is 1. The number of nitrogens with zero attached hydrogens (tertiary/aromatic N) is 1. The minimum atomic E-state index is -3.90. The van der Waals surface area contributed by atoms with E-state index in [1.807, 2.05) is 56.3 Å². The summed E-state index contributed by atoms with van der Waals surface area (Å²) in [5, 5.41) is 6.08. The first-order valence-corrected chi connectivity index (χ1v) is 10.5. The fourth-order valence-electron chi connectivity index (χ4n) is 3.40. The lowest BCUT2D eigenvalue weighted by Gasteiger charge is -2.12. The second-order valence-electron chi connectivity index (χ2n) is 6.83. The van der Waals surface area contributed by atoms with Crippen LogP contribution in [0.25, 0.3) is 10.8 Å². The Morgan fingerprint density at radius 2 is 1.96 bits per heavy atom. The molecule has 0 radical (unpaired) electrons. The number of fused-ring (bicyclic) bond motifs is 3. The Bertz CT molecular complexity index is 1100. The summed E-state index contributed by atoms with van der Waals surface area (Å²) < 4.78 is 36.2. The van der Waals surface area contributed by atoms with Crippen LogP contribution in [0.4, 0.5) is 0 Å². The zero-order valence-corrected chi connectivity index (χ0v) is 16.1. The van der Waals surface area contributed by atoms with Crippen LogP contribution in [-0.2, 0) is 14.4 Å². The lowest BCUT2D eigenvalue weighted by molar-refractivity contribution is 0.273. The fraction of sp³-hybridized carbons (Fsp3) is 0.286. The highest BCUT2D eigenvalue weighted by Gasteiger charge is 2.32. The van der Waals surface area contributed by atoms with Crippen LogP contribution in [0, 0.1) is 0 Å². The number of benzene rings is 2. The molecule has 140 valence electrons. The van der Waals surface area contributed by atoms with Gasteiger partial charge in [0.15, 0.2) is 0 Å². The number of ether oxygens (including phenoxy) is 1. The van der Waals surface area contributed by atoms with E-state index in [1.54, 1.807) is 6.08 Å². The van der Waals surface area contributed by atoms with Crippen LogP contribution in [0.1, 0.15) is 38.7 Å². The van der Waals surface area contributed by atoms with Crippen molar-refractivity contribution in [3.63, 3.8) is 0 Å². The Morgan fingerprint density at radius 3 is 2.70 bits per heavy atom. The predicted molar refractivity (Wildman–Crippen MR) is 106 cm³/mol. The van der Waals surface area contributed by atoms with Gasteiger partial charge in [-0.3, -0.25) is 4.28 Å². The molecule has 1 atom stereocenters. The summed E-state index contributed by atoms with van der Waals surface area (Å²) in [6.45, 7) is 3.95. The molecule has 0 saturated heterocycles. The minimum absolute atomic E-state index is 0.253. The molecule has 1 aliphatic carbocycles. The van der Waals surface area contributed by atoms with Gasteiger partial charge < -0.3 is 4.74 Å². The molecule has 2 aromatic carbocycles. The van der Waals surface area contributed by atoms with Gasteiger partial charge in [-0.25, -0.2) is 0 Å². The number of allylic oxidation sites excluding steroid dienone is 4. The van der Waals surface area contributed by atoms with Crippen molar-refractivity contribution in [3.05, 3.63) is 64.6 Å². The molecule has 4 rings (SSSR count). The third-order valence-electron chi connectivity index (χ3n) is 4.97. The molecule has 27 heavy (non-hydrogen) atoms. The number of hydrogen-bond acceptors (Lipinski definition) is 5. The minimum Gasteiger partial charge on any atom is -0.483 e. The lowest BCUT2D eigenvalue weighted by Crippen LogP contribution is -2.21. The van der Waals surface area contributed by atoms with Crippen LogP contribution in [0.5, 0.6) is 5.75 Å². The summed E-state index contributed by atoms with van der Waals surface area (Å²) in [7, 11) is -3.90. The Morgan fingerprint density at radius 1 is 1.15 bits per heavy atom. The van der Waals surface area contributed by atoms with Crippen LogP contribution in [0.3, 0.4) is 0 Å². The molecule has 0 aromatic heterocycles. The lowest BCUT2D eigenvalue weighted by atomic mass is 10.0. The van der Waals surface area contributed by atoms with Crippen molar-refractivity contribution in [2.45, 2.75) is 39.2 Å². The maximum Gasteiger partial charge on any atom is 0.354 e. The molecule has 2 aliphatic rings. The van der Waals surface area contributed by atoms with E-state index < -0.39 is 10.1 Å². The smallest absolute Gasteiger partial charge is 0.354 e. The summed E-state index contributed by atoms with van der Waals surface area (Å²) in [6.07, 6.45) is 4.88. The highest BCUT2D eigenvalue weighted by Crippen LogP contribution is 2.37. The quantitative estimate of drug-likeness (QED) is 0.719. The SMILES string of the molecule is CCC1Oc2c(ccc3ccccc23)/C1=N/OS(=O)(=O)C1=CC=C(C)CC1. The molecule has 1 unspecified atom stereocenters. The van der Waals surface area contributed by atoms with E-state index in [0.29, 0.717) is 25.0 Å². The Kier molecular flexibility index (Phi) is 4.52. The highest BCUT2D eigenvalue weighted by atomic mass is 32.2. The molecule has 0 spiro atoms. The second kappa shape index (κ2) is 6.85. The molecule has 0 N–H and O–H groups in total. The molecular formula is C21H21NO4S. The van der Waals surface area contributed by atoms with Crippen LogP contribution < -0.4 is 4.74 Å². The average Bonchev–Trinajstić information content (AvgIpc) is 3.05. The third-order valence-corrected chi connectivity index (χ3v) is 6.22. The molecule has 0 fully saturated rings. The molecule has 5 nitrogen and oxygen atoms in total. The average molecular weight is 383 g/mol.